The molecule has 8 heteroatoms. The van der Waals surface area contributed by atoms with Crippen LogP contribution in [0.25, 0.3) is 0 Å². The molecule has 1 aliphatic heterocycles. The summed E-state index contributed by atoms with van der Waals surface area (Å²) in [6.45, 7) is 2.36. The third-order valence-electron chi connectivity index (χ3n) is 4.44. The van der Waals surface area contributed by atoms with Gasteiger partial charge in [-0.2, -0.15) is 5.26 Å². The number of thioether (sulfide) groups is 1. The molecule has 1 aliphatic rings. The normalized spacial score (nSPS) is 15.5. The molecule has 150 valence electrons. The Morgan fingerprint density at radius 1 is 1.24 bits per heavy atom. The number of ether oxygens (including phenoxy) is 2. The zero-order valence-corrected chi connectivity index (χ0v) is 17.0. The molecule has 1 fully saturated rings. The molecule has 7 nitrogen and oxygen atoms in total. The van der Waals surface area contributed by atoms with Gasteiger partial charge < -0.3 is 19.7 Å². The number of methoxy groups -OCH3 is 1. The maximum absolute atomic E-state index is 13.0. The average Bonchev–Trinajstić information content (AvgIpc) is 3.24. The highest BCUT2D eigenvalue weighted by atomic mass is 32.2. The van der Waals surface area contributed by atoms with Crippen molar-refractivity contribution in [3.63, 3.8) is 0 Å². The molecular weight excluding hydrogens is 390 g/mol. The second-order valence-electron chi connectivity index (χ2n) is 6.27. The van der Waals surface area contributed by atoms with Gasteiger partial charge in [0.1, 0.15) is 6.04 Å². The first kappa shape index (κ1) is 20.6. The number of carbonyl (C=O) groups excluding carboxylic acids is 2. The Morgan fingerprint density at radius 3 is 2.66 bits per heavy atom. The maximum Gasteiger partial charge on any atom is 0.255 e. The molecule has 0 radical (unpaired) electrons. The minimum atomic E-state index is -0.583. The Labute approximate surface area is 173 Å². The van der Waals surface area contributed by atoms with Crippen LogP contribution in [0.5, 0.6) is 11.5 Å². The Balaban J connectivity index is 1.74. The topological polar surface area (TPSA) is 91.7 Å². The standard InChI is InChI=1S/C21H21N3O4S/c1-3-28-18-9-6-15(10-19(18)27-2)21(26)24-13-29-12-17(24)20(25)23-16-7-4-14(11-22)5-8-16/h4-10,17H,3,12-13H2,1-2H3,(H,23,25). The van der Waals surface area contributed by atoms with Gasteiger partial charge in [0.05, 0.1) is 31.2 Å². The summed E-state index contributed by atoms with van der Waals surface area (Å²) >= 11 is 1.52. The summed E-state index contributed by atoms with van der Waals surface area (Å²) in [6, 6.07) is 13.1. The maximum atomic E-state index is 13.0. The van der Waals surface area contributed by atoms with Crippen LogP contribution in [-0.4, -0.2) is 48.1 Å². The van der Waals surface area contributed by atoms with Crippen molar-refractivity contribution in [1.82, 2.24) is 4.90 Å². The molecule has 29 heavy (non-hydrogen) atoms. The van der Waals surface area contributed by atoms with Crippen molar-refractivity contribution in [2.75, 3.05) is 30.7 Å². The van der Waals surface area contributed by atoms with Crippen molar-refractivity contribution >= 4 is 29.3 Å². The number of rotatable bonds is 6. The van der Waals surface area contributed by atoms with Gasteiger partial charge in [-0.15, -0.1) is 11.8 Å². The van der Waals surface area contributed by atoms with E-state index in [0.717, 1.165) is 0 Å². The lowest BCUT2D eigenvalue weighted by Gasteiger charge is -2.23. The van der Waals surface area contributed by atoms with Gasteiger partial charge in [-0.3, -0.25) is 9.59 Å². The molecule has 1 N–H and O–H groups in total. The van der Waals surface area contributed by atoms with Crippen molar-refractivity contribution < 1.29 is 19.1 Å². The number of benzene rings is 2. The quantitative estimate of drug-likeness (QED) is 0.785. The summed E-state index contributed by atoms with van der Waals surface area (Å²) in [6.07, 6.45) is 0. The van der Waals surface area contributed by atoms with Crippen LogP contribution in [0.4, 0.5) is 5.69 Å². The van der Waals surface area contributed by atoms with Gasteiger partial charge in [-0.05, 0) is 49.4 Å². The molecule has 0 spiro atoms. The molecule has 0 aliphatic carbocycles. The fraction of sp³-hybridized carbons (Fsp3) is 0.286. The van der Waals surface area contributed by atoms with E-state index in [1.807, 2.05) is 13.0 Å². The van der Waals surface area contributed by atoms with Crippen LogP contribution >= 0.6 is 11.8 Å². The third-order valence-corrected chi connectivity index (χ3v) is 5.45. The van der Waals surface area contributed by atoms with Crippen molar-refractivity contribution in [2.24, 2.45) is 0 Å². The highest BCUT2D eigenvalue weighted by Crippen LogP contribution is 2.30. The number of anilines is 1. The predicted molar refractivity (Wildman–Crippen MR) is 111 cm³/mol. The molecule has 1 unspecified atom stereocenters. The lowest BCUT2D eigenvalue weighted by Crippen LogP contribution is -2.44. The van der Waals surface area contributed by atoms with Gasteiger partial charge in [-0.25, -0.2) is 0 Å². The molecule has 1 atom stereocenters. The van der Waals surface area contributed by atoms with Crippen molar-refractivity contribution in [3.8, 4) is 17.6 Å². The van der Waals surface area contributed by atoms with Gasteiger partial charge in [0, 0.05) is 17.0 Å². The fourth-order valence-electron chi connectivity index (χ4n) is 2.95. The van der Waals surface area contributed by atoms with E-state index in [2.05, 4.69) is 5.32 Å². The van der Waals surface area contributed by atoms with Crippen LogP contribution in [-0.2, 0) is 4.79 Å². The van der Waals surface area contributed by atoms with Crippen molar-refractivity contribution in [3.05, 3.63) is 53.6 Å². The Bertz CT molecular complexity index is 940. The first-order valence-corrected chi connectivity index (χ1v) is 10.2. The van der Waals surface area contributed by atoms with Gasteiger partial charge in [-0.1, -0.05) is 0 Å². The lowest BCUT2D eigenvalue weighted by molar-refractivity contribution is -0.119. The van der Waals surface area contributed by atoms with E-state index in [4.69, 9.17) is 14.7 Å². The Morgan fingerprint density at radius 2 is 2.00 bits per heavy atom. The van der Waals surface area contributed by atoms with E-state index in [0.29, 0.717) is 46.5 Å². The van der Waals surface area contributed by atoms with Crippen LogP contribution in [0.1, 0.15) is 22.8 Å². The summed E-state index contributed by atoms with van der Waals surface area (Å²) in [5.41, 5.74) is 1.53. The zero-order valence-electron chi connectivity index (χ0n) is 16.2. The van der Waals surface area contributed by atoms with E-state index in [1.165, 1.54) is 18.9 Å². The summed E-state index contributed by atoms with van der Waals surface area (Å²) in [5, 5.41) is 11.7. The summed E-state index contributed by atoms with van der Waals surface area (Å²) in [7, 11) is 1.52. The molecule has 0 bridgehead atoms. The molecule has 0 saturated carbocycles. The van der Waals surface area contributed by atoms with E-state index in [-0.39, 0.29) is 11.8 Å². The molecule has 2 aromatic carbocycles. The van der Waals surface area contributed by atoms with Crippen LogP contribution in [0, 0.1) is 11.3 Å². The largest absolute Gasteiger partial charge is 0.493 e. The number of nitrogens with zero attached hydrogens (tertiary/aromatic N) is 2. The first-order valence-electron chi connectivity index (χ1n) is 9.08. The second-order valence-corrected chi connectivity index (χ2v) is 7.27. The number of carbonyl (C=O) groups is 2. The minimum absolute atomic E-state index is 0.240. The Kier molecular flexibility index (Phi) is 6.62. The number of hydrogen-bond donors (Lipinski definition) is 1. The van der Waals surface area contributed by atoms with Crippen molar-refractivity contribution in [2.45, 2.75) is 13.0 Å². The molecule has 0 aromatic heterocycles. The SMILES string of the molecule is CCOc1ccc(C(=O)N2CSCC2C(=O)Nc2ccc(C#N)cc2)cc1OC. The van der Waals surface area contributed by atoms with Gasteiger partial charge >= 0.3 is 0 Å². The fourth-order valence-corrected chi connectivity index (χ4v) is 4.11. The molecule has 2 aromatic rings. The predicted octanol–water partition coefficient (Wildman–Crippen LogP) is 3.12. The number of amides is 2. The second kappa shape index (κ2) is 9.34. The first-order chi connectivity index (χ1) is 14.1. The van der Waals surface area contributed by atoms with Gasteiger partial charge in [0.15, 0.2) is 11.5 Å². The summed E-state index contributed by atoms with van der Waals surface area (Å²) in [4.78, 5) is 27.3. The van der Waals surface area contributed by atoms with E-state index < -0.39 is 6.04 Å². The van der Waals surface area contributed by atoms with Crippen LogP contribution in [0.3, 0.4) is 0 Å². The third kappa shape index (κ3) is 4.63. The smallest absolute Gasteiger partial charge is 0.255 e. The van der Waals surface area contributed by atoms with Crippen molar-refractivity contribution in [1.29, 1.82) is 5.26 Å². The van der Waals surface area contributed by atoms with Crippen LogP contribution in [0.2, 0.25) is 0 Å². The summed E-state index contributed by atoms with van der Waals surface area (Å²) < 4.78 is 10.8. The lowest BCUT2D eigenvalue weighted by atomic mass is 10.1. The molecule has 1 saturated heterocycles. The number of nitrogens with one attached hydrogen (secondary N) is 1. The van der Waals surface area contributed by atoms with Crippen LogP contribution in [0.15, 0.2) is 42.5 Å². The van der Waals surface area contributed by atoms with Gasteiger partial charge in [0.2, 0.25) is 5.91 Å². The highest BCUT2D eigenvalue weighted by Gasteiger charge is 2.35. The monoisotopic (exact) mass is 411 g/mol. The summed E-state index contributed by atoms with van der Waals surface area (Å²) in [5.74, 6) is 1.49. The minimum Gasteiger partial charge on any atom is -0.493 e. The van der Waals surface area contributed by atoms with E-state index in [1.54, 1.807) is 47.4 Å². The van der Waals surface area contributed by atoms with E-state index in [9.17, 15) is 9.59 Å². The molecular formula is C21H21N3O4S. The van der Waals surface area contributed by atoms with Crippen LogP contribution < -0.4 is 14.8 Å². The average molecular weight is 411 g/mol. The molecule has 3 rings (SSSR count). The highest BCUT2D eigenvalue weighted by molar-refractivity contribution is 7.99. The molecule has 2 amide bonds. The van der Waals surface area contributed by atoms with E-state index >= 15 is 0 Å². The Hall–Kier alpha value is -3.18. The number of nitriles is 1. The zero-order chi connectivity index (χ0) is 20.8. The molecule has 1 heterocycles. The van der Waals surface area contributed by atoms with Gasteiger partial charge in [0.25, 0.3) is 5.91 Å². The number of hydrogen-bond acceptors (Lipinski definition) is 6.